The molecule has 0 saturated heterocycles. The molecule has 0 aliphatic rings. The molecule has 16 heavy (non-hydrogen) atoms. The summed E-state index contributed by atoms with van der Waals surface area (Å²) in [6.45, 7) is 0.361. The number of nitrogens with one attached hydrogen (secondary N) is 1. The Balaban J connectivity index is 1.98. The number of aromatic nitrogens is 1. The molecule has 0 saturated carbocycles. The third-order valence-corrected chi connectivity index (χ3v) is 2.39. The lowest BCUT2D eigenvalue weighted by Gasteiger charge is -2.02. The fourth-order valence-corrected chi connectivity index (χ4v) is 1.55. The lowest BCUT2D eigenvalue weighted by atomic mass is 10.3. The van der Waals surface area contributed by atoms with Gasteiger partial charge in [0.25, 0.3) is 5.91 Å². The molecule has 0 atom stereocenters. The number of hydrogen-bond acceptors (Lipinski definition) is 3. The molecule has 5 heteroatoms. The predicted molar refractivity (Wildman–Crippen MR) is 61.8 cm³/mol. The van der Waals surface area contributed by atoms with Gasteiger partial charge in [0.05, 0.1) is 12.8 Å². The van der Waals surface area contributed by atoms with Crippen LogP contribution in [0.15, 0.2) is 45.6 Å². The molecule has 1 N–H and O–H groups in total. The van der Waals surface area contributed by atoms with Crippen molar-refractivity contribution in [2.45, 2.75) is 6.54 Å². The Kier molecular flexibility index (Phi) is 3.36. The topological polar surface area (TPSA) is 55.1 Å². The van der Waals surface area contributed by atoms with E-state index in [1.54, 1.807) is 36.6 Å². The van der Waals surface area contributed by atoms with Crippen LogP contribution < -0.4 is 5.32 Å². The molecule has 0 bridgehead atoms. The summed E-state index contributed by atoms with van der Waals surface area (Å²) in [6.07, 6.45) is 1.57. The predicted octanol–water partition coefficient (Wildman–Crippen LogP) is 2.37. The highest BCUT2D eigenvalue weighted by Gasteiger charge is 2.07. The normalized spacial score (nSPS) is 10.1. The van der Waals surface area contributed by atoms with Crippen molar-refractivity contribution in [1.29, 1.82) is 0 Å². The zero-order chi connectivity index (χ0) is 11.4. The molecular formula is C11H9BrN2O2. The maximum Gasteiger partial charge on any atom is 0.270 e. The first kappa shape index (κ1) is 10.9. The van der Waals surface area contributed by atoms with Crippen molar-refractivity contribution in [2.75, 3.05) is 0 Å². The zero-order valence-corrected chi connectivity index (χ0v) is 9.90. The number of hydrogen-bond donors (Lipinski definition) is 1. The number of carbonyl (C=O) groups excluding carboxylic acids is 1. The first-order valence-electron chi connectivity index (χ1n) is 4.69. The van der Waals surface area contributed by atoms with Crippen LogP contribution in [0.2, 0.25) is 0 Å². The number of amides is 1. The van der Waals surface area contributed by atoms with E-state index < -0.39 is 0 Å². The Labute approximate surface area is 101 Å². The number of pyridine rings is 1. The van der Waals surface area contributed by atoms with E-state index in [-0.39, 0.29) is 5.91 Å². The fraction of sp³-hybridized carbons (Fsp3) is 0.0909. The zero-order valence-electron chi connectivity index (χ0n) is 8.31. The average molecular weight is 281 g/mol. The van der Waals surface area contributed by atoms with Gasteiger partial charge in [0.15, 0.2) is 0 Å². The molecule has 2 aromatic rings. The Morgan fingerprint density at radius 1 is 1.38 bits per heavy atom. The molecular weight excluding hydrogens is 272 g/mol. The van der Waals surface area contributed by atoms with Gasteiger partial charge in [-0.2, -0.15) is 0 Å². The van der Waals surface area contributed by atoms with Crippen molar-refractivity contribution in [3.63, 3.8) is 0 Å². The minimum absolute atomic E-state index is 0.224. The summed E-state index contributed by atoms with van der Waals surface area (Å²) in [5, 5.41) is 2.71. The van der Waals surface area contributed by atoms with Crippen LogP contribution in [0.4, 0.5) is 0 Å². The largest absolute Gasteiger partial charge is 0.467 e. The van der Waals surface area contributed by atoms with Crippen molar-refractivity contribution < 1.29 is 9.21 Å². The minimum Gasteiger partial charge on any atom is -0.467 e. The quantitative estimate of drug-likeness (QED) is 0.879. The van der Waals surface area contributed by atoms with Crippen LogP contribution in [0.25, 0.3) is 0 Å². The van der Waals surface area contributed by atoms with Gasteiger partial charge in [-0.15, -0.1) is 0 Å². The molecule has 0 spiro atoms. The highest BCUT2D eigenvalue weighted by molar-refractivity contribution is 9.10. The number of carbonyl (C=O) groups is 1. The van der Waals surface area contributed by atoms with Crippen molar-refractivity contribution in [3.05, 3.63) is 52.7 Å². The van der Waals surface area contributed by atoms with Gasteiger partial charge in [0, 0.05) is 0 Å². The van der Waals surface area contributed by atoms with Crippen LogP contribution in [-0.4, -0.2) is 10.9 Å². The summed E-state index contributed by atoms with van der Waals surface area (Å²) in [7, 11) is 0. The second kappa shape index (κ2) is 4.94. The highest BCUT2D eigenvalue weighted by atomic mass is 79.9. The molecule has 4 nitrogen and oxygen atoms in total. The SMILES string of the molecule is O=C(NCc1ccco1)c1cccc(Br)n1. The standard InChI is InChI=1S/C11H9BrN2O2/c12-10-5-1-4-9(14-10)11(15)13-7-8-3-2-6-16-8/h1-6H,7H2,(H,13,15). The third-order valence-electron chi connectivity index (χ3n) is 1.95. The smallest absolute Gasteiger partial charge is 0.270 e. The van der Waals surface area contributed by atoms with Gasteiger partial charge in [-0.05, 0) is 40.2 Å². The molecule has 2 rings (SSSR count). The molecule has 0 fully saturated rings. The van der Waals surface area contributed by atoms with E-state index in [0.717, 1.165) is 0 Å². The van der Waals surface area contributed by atoms with E-state index in [1.165, 1.54) is 0 Å². The lowest BCUT2D eigenvalue weighted by Crippen LogP contribution is -2.23. The maximum atomic E-state index is 11.7. The van der Waals surface area contributed by atoms with Crippen LogP contribution in [0.3, 0.4) is 0 Å². The highest BCUT2D eigenvalue weighted by Crippen LogP contribution is 2.06. The van der Waals surface area contributed by atoms with Gasteiger partial charge in [-0.1, -0.05) is 6.07 Å². The summed E-state index contributed by atoms with van der Waals surface area (Å²) in [6, 6.07) is 8.76. The van der Waals surface area contributed by atoms with Crippen molar-refractivity contribution in [2.24, 2.45) is 0 Å². The molecule has 2 aromatic heterocycles. The van der Waals surface area contributed by atoms with Crippen LogP contribution in [0.5, 0.6) is 0 Å². The average Bonchev–Trinajstić information content (AvgIpc) is 2.78. The number of furan rings is 1. The van der Waals surface area contributed by atoms with Gasteiger partial charge >= 0.3 is 0 Å². The molecule has 0 aliphatic heterocycles. The van der Waals surface area contributed by atoms with Crippen molar-refractivity contribution in [1.82, 2.24) is 10.3 Å². The second-order valence-electron chi connectivity index (χ2n) is 3.11. The monoisotopic (exact) mass is 280 g/mol. The van der Waals surface area contributed by atoms with Crippen molar-refractivity contribution in [3.8, 4) is 0 Å². The fourth-order valence-electron chi connectivity index (χ4n) is 1.21. The molecule has 0 radical (unpaired) electrons. The Bertz CT molecular complexity index is 482. The van der Waals surface area contributed by atoms with E-state index in [1.807, 2.05) is 0 Å². The van der Waals surface area contributed by atoms with Crippen LogP contribution in [0.1, 0.15) is 16.2 Å². The third kappa shape index (κ3) is 2.70. The second-order valence-corrected chi connectivity index (χ2v) is 3.92. The van der Waals surface area contributed by atoms with E-state index in [9.17, 15) is 4.79 Å². The summed E-state index contributed by atoms with van der Waals surface area (Å²) in [4.78, 5) is 15.7. The Morgan fingerprint density at radius 3 is 2.94 bits per heavy atom. The molecule has 1 amide bonds. The van der Waals surface area contributed by atoms with E-state index in [0.29, 0.717) is 22.6 Å². The van der Waals surface area contributed by atoms with Gasteiger partial charge in [-0.3, -0.25) is 4.79 Å². The van der Waals surface area contributed by atoms with Crippen molar-refractivity contribution >= 4 is 21.8 Å². The molecule has 2 heterocycles. The Hall–Kier alpha value is -1.62. The summed E-state index contributed by atoms with van der Waals surface area (Å²) in [5.74, 6) is 0.487. The lowest BCUT2D eigenvalue weighted by molar-refractivity contribution is 0.0943. The van der Waals surface area contributed by atoms with Crippen LogP contribution in [0, 0.1) is 0 Å². The molecule has 0 unspecified atom stereocenters. The maximum absolute atomic E-state index is 11.7. The summed E-state index contributed by atoms with van der Waals surface area (Å²) in [5.41, 5.74) is 0.376. The van der Waals surface area contributed by atoms with Gasteiger partial charge < -0.3 is 9.73 Å². The van der Waals surface area contributed by atoms with Gasteiger partial charge in [-0.25, -0.2) is 4.98 Å². The number of halogens is 1. The minimum atomic E-state index is -0.224. The van der Waals surface area contributed by atoms with Gasteiger partial charge in [0.1, 0.15) is 16.1 Å². The molecule has 0 aliphatic carbocycles. The first-order chi connectivity index (χ1) is 7.75. The summed E-state index contributed by atoms with van der Waals surface area (Å²) >= 11 is 3.21. The van der Waals surface area contributed by atoms with E-state index in [2.05, 4.69) is 26.2 Å². The van der Waals surface area contributed by atoms with E-state index in [4.69, 9.17) is 4.42 Å². The van der Waals surface area contributed by atoms with Crippen LogP contribution >= 0.6 is 15.9 Å². The van der Waals surface area contributed by atoms with Crippen LogP contribution in [-0.2, 0) is 6.54 Å². The Morgan fingerprint density at radius 2 is 2.25 bits per heavy atom. The number of nitrogens with zero attached hydrogens (tertiary/aromatic N) is 1. The molecule has 0 aromatic carbocycles. The van der Waals surface area contributed by atoms with E-state index >= 15 is 0 Å². The first-order valence-corrected chi connectivity index (χ1v) is 5.48. The number of rotatable bonds is 3. The van der Waals surface area contributed by atoms with Gasteiger partial charge in [0.2, 0.25) is 0 Å². The summed E-state index contributed by atoms with van der Waals surface area (Å²) < 4.78 is 5.74. The molecule has 82 valence electrons.